The van der Waals surface area contributed by atoms with Crippen LogP contribution in [0.25, 0.3) is 0 Å². The van der Waals surface area contributed by atoms with Gasteiger partial charge in [-0.05, 0) is 55.5 Å². The molecule has 0 amide bonds. The van der Waals surface area contributed by atoms with Crippen LogP contribution >= 0.6 is 23.8 Å². The van der Waals surface area contributed by atoms with Crippen LogP contribution in [0.2, 0.25) is 5.02 Å². The van der Waals surface area contributed by atoms with E-state index < -0.39 is 11.7 Å². The highest BCUT2D eigenvalue weighted by Gasteiger charge is 2.31. The van der Waals surface area contributed by atoms with Crippen molar-refractivity contribution >= 4 is 40.3 Å². The largest absolute Gasteiger partial charge is 0.454 e. The predicted molar refractivity (Wildman–Crippen MR) is 101 cm³/mol. The zero-order chi connectivity index (χ0) is 19.6. The lowest BCUT2D eigenvalue weighted by molar-refractivity contribution is -0.137. The number of thiocarbonyl (C=S) groups is 1. The maximum Gasteiger partial charge on any atom is 0.416 e. The lowest BCUT2D eigenvalue weighted by atomic mass is 10.1. The Hall–Kier alpha value is -2.52. The lowest BCUT2D eigenvalue weighted by Crippen LogP contribution is -2.25. The van der Waals surface area contributed by atoms with Gasteiger partial charge in [-0.25, -0.2) is 0 Å². The molecule has 0 aromatic heterocycles. The van der Waals surface area contributed by atoms with E-state index in [0.29, 0.717) is 17.2 Å². The molecule has 0 radical (unpaired) electrons. The van der Waals surface area contributed by atoms with Gasteiger partial charge in [0.05, 0.1) is 22.0 Å². The molecule has 142 valence electrons. The number of anilines is 1. The first kappa shape index (κ1) is 19.2. The van der Waals surface area contributed by atoms with E-state index in [1.54, 1.807) is 25.1 Å². The number of fused-ring (bicyclic) bond motifs is 1. The second-order valence-corrected chi connectivity index (χ2v) is 6.34. The van der Waals surface area contributed by atoms with Crippen molar-refractivity contribution < 1.29 is 22.6 Å². The third kappa shape index (κ3) is 4.61. The zero-order valence-electron chi connectivity index (χ0n) is 13.9. The van der Waals surface area contributed by atoms with Crippen molar-refractivity contribution in [2.24, 2.45) is 5.10 Å². The average molecular weight is 416 g/mol. The maximum atomic E-state index is 12.8. The lowest BCUT2D eigenvalue weighted by Gasteiger charge is -2.13. The molecule has 0 bridgehead atoms. The molecule has 1 aliphatic heterocycles. The molecule has 0 atom stereocenters. The molecule has 0 saturated heterocycles. The normalized spacial score (nSPS) is 13.4. The first-order valence-electron chi connectivity index (χ1n) is 7.62. The molecule has 0 spiro atoms. The van der Waals surface area contributed by atoms with Crippen LogP contribution in [0.3, 0.4) is 0 Å². The number of halogens is 4. The van der Waals surface area contributed by atoms with Gasteiger partial charge in [0.25, 0.3) is 0 Å². The summed E-state index contributed by atoms with van der Waals surface area (Å²) in [5.41, 5.74) is 3.13. The molecule has 0 saturated carbocycles. The third-order valence-electron chi connectivity index (χ3n) is 3.66. The van der Waals surface area contributed by atoms with Gasteiger partial charge in [0.15, 0.2) is 16.6 Å². The maximum absolute atomic E-state index is 12.8. The van der Waals surface area contributed by atoms with Crippen LogP contribution in [-0.4, -0.2) is 17.6 Å². The molecule has 1 aliphatic rings. The summed E-state index contributed by atoms with van der Waals surface area (Å²) < 4.78 is 49.0. The highest BCUT2D eigenvalue weighted by molar-refractivity contribution is 7.80. The molecule has 0 unspecified atom stereocenters. The van der Waals surface area contributed by atoms with Crippen molar-refractivity contribution in [3.05, 3.63) is 52.5 Å². The molecular weight excluding hydrogens is 403 g/mol. The van der Waals surface area contributed by atoms with Gasteiger partial charge in [-0.2, -0.15) is 18.3 Å². The number of hydrogen-bond acceptors (Lipinski definition) is 4. The van der Waals surface area contributed by atoms with E-state index in [2.05, 4.69) is 15.8 Å². The molecular formula is C17H13ClF3N3O2S. The number of rotatable bonds is 3. The number of alkyl halides is 3. The van der Waals surface area contributed by atoms with Gasteiger partial charge in [0.1, 0.15) is 0 Å². The van der Waals surface area contributed by atoms with Crippen molar-refractivity contribution in [1.82, 2.24) is 5.43 Å². The minimum absolute atomic E-state index is 0.00341. The van der Waals surface area contributed by atoms with E-state index in [-0.39, 0.29) is 22.6 Å². The Labute approximate surface area is 163 Å². The van der Waals surface area contributed by atoms with Crippen molar-refractivity contribution in [2.45, 2.75) is 13.1 Å². The van der Waals surface area contributed by atoms with Crippen molar-refractivity contribution in [3.63, 3.8) is 0 Å². The van der Waals surface area contributed by atoms with Gasteiger partial charge in [0.2, 0.25) is 6.79 Å². The van der Waals surface area contributed by atoms with Crippen LogP contribution < -0.4 is 20.2 Å². The summed E-state index contributed by atoms with van der Waals surface area (Å²) in [4.78, 5) is 0. The molecule has 1 heterocycles. The van der Waals surface area contributed by atoms with E-state index in [0.717, 1.165) is 23.8 Å². The minimum atomic E-state index is -4.48. The number of nitrogens with one attached hydrogen (secondary N) is 2. The van der Waals surface area contributed by atoms with Crippen molar-refractivity contribution in [2.75, 3.05) is 12.1 Å². The fourth-order valence-electron chi connectivity index (χ4n) is 2.27. The molecule has 0 fully saturated rings. The van der Waals surface area contributed by atoms with E-state index in [4.69, 9.17) is 33.3 Å². The second kappa shape index (κ2) is 7.61. The van der Waals surface area contributed by atoms with Gasteiger partial charge >= 0.3 is 6.18 Å². The number of benzene rings is 2. The van der Waals surface area contributed by atoms with Crippen molar-refractivity contribution in [3.8, 4) is 11.5 Å². The average Bonchev–Trinajstić information content (AvgIpc) is 3.08. The van der Waals surface area contributed by atoms with Crippen LogP contribution in [0.5, 0.6) is 11.5 Å². The molecule has 5 nitrogen and oxygen atoms in total. The Kier molecular flexibility index (Phi) is 5.43. The van der Waals surface area contributed by atoms with Gasteiger partial charge in [-0.3, -0.25) is 5.43 Å². The highest BCUT2D eigenvalue weighted by Crippen LogP contribution is 2.34. The van der Waals surface area contributed by atoms with Crippen LogP contribution in [0, 0.1) is 0 Å². The van der Waals surface area contributed by atoms with E-state index >= 15 is 0 Å². The SMILES string of the molecule is C/C(=N\NC(=S)Nc1cc(C(F)(F)F)ccc1Cl)c1ccc2c(c1)OCO2. The first-order chi connectivity index (χ1) is 12.7. The van der Waals surface area contributed by atoms with Crippen LogP contribution in [-0.2, 0) is 6.18 Å². The summed E-state index contributed by atoms with van der Waals surface area (Å²) in [6.07, 6.45) is -4.48. The minimum Gasteiger partial charge on any atom is -0.454 e. The highest BCUT2D eigenvalue weighted by atomic mass is 35.5. The molecule has 2 N–H and O–H groups in total. The summed E-state index contributed by atoms with van der Waals surface area (Å²) in [5, 5.41) is 6.82. The molecule has 2 aromatic carbocycles. The summed E-state index contributed by atoms with van der Waals surface area (Å²) in [6.45, 7) is 1.91. The number of ether oxygens (including phenoxy) is 2. The quantitative estimate of drug-likeness (QED) is 0.428. The standard InChI is InChI=1S/C17H13ClF3N3O2S/c1-9(10-2-5-14-15(6-10)26-8-25-14)23-24-16(27)22-13-7-11(17(19,20)21)3-4-12(13)18/h2-7H,8H2,1H3,(H2,22,24,27)/b23-9+. The predicted octanol–water partition coefficient (Wildman–Crippen LogP) is 4.80. The Morgan fingerprint density at radius 2 is 1.89 bits per heavy atom. The smallest absolute Gasteiger partial charge is 0.416 e. The third-order valence-corrected chi connectivity index (χ3v) is 4.18. The summed E-state index contributed by atoms with van der Waals surface area (Å²) in [6, 6.07) is 8.25. The Bertz CT molecular complexity index is 919. The zero-order valence-corrected chi connectivity index (χ0v) is 15.4. The van der Waals surface area contributed by atoms with Crippen LogP contribution in [0.4, 0.5) is 18.9 Å². The van der Waals surface area contributed by atoms with E-state index in [1.807, 2.05) is 0 Å². The molecule has 3 rings (SSSR count). The van der Waals surface area contributed by atoms with E-state index in [1.165, 1.54) is 0 Å². The topological polar surface area (TPSA) is 54.9 Å². The summed E-state index contributed by atoms with van der Waals surface area (Å²) in [7, 11) is 0. The fraction of sp³-hybridized carbons (Fsp3) is 0.176. The van der Waals surface area contributed by atoms with Gasteiger partial charge in [-0.15, -0.1) is 0 Å². The number of nitrogens with zero attached hydrogens (tertiary/aromatic N) is 1. The Morgan fingerprint density at radius 3 is 2.63 bits per heavy atom. The van der Waals surface area contributed by atoms with Gasteiger partial charge in [-0.1, -0.05) is 11.6 Å². The Balaban J connectivity index is 1.68. The first-order valence-corrected chi connectivity index (χ1v) is 8.41. The van der Waals surface area contributed by atoms with Crippen LogP contribution in [0.15, 0.2) is 41.5 Å². The molecule has 0 aliphatic carbocycles. The van der Waals surface area contributed by atoms with Crippen molar-refractivity contribution in [1.29, 1.82) is 0 Å². The molecule has 27 heavy (non-hydrogen) atoms. The van der Waals surface area contributed by atoms with Crippen LogP contribution in [0.1, 0.15) is 18.1 Å². The molecule has 2 aromatic rings. The summed E-state index contributed by atoms with van der Waals surface area (Å²) in [5.74, 6) is 1.26. The van der Waals surface area contributed by atoms with Gasteiger partial charge < -0.3 is 14.8 Å². The van der Waals surface area contributed by atoms with E-state index in [9.17, 15) is 13.2 Å². The second-order valence-electron chi connectivity index (χ2n) is 5.52. The summed E-state index contributed by atoms with van der Waals surface area (Å²) >= 11 is 11.0. The fourth-order valence-corrected chi connectivity index (χ4v) is 2.59. The number of hydrazone groups is 1. The monoisotopic (exact) mass is 415 g/mol. The molecule has 10 heteroatoms. The van der Waals surface area contributed by atoms with Gasteiger partial charge in [0, 0.05) is 5.56 Å². The number of hydrogen-bond donors (Lipinski definition) is 2. The Morgan fingerprint density at radius 1 is 1.15 bits per heavy atom.